The second-order valence-corrected chi connectivity index (χ2v) is 7.70. The normalized spacial score (nSPS) is 15.8. The van der Waals surface area contributed by atoms with Crippen molar-refractivity contribution in [2.45, 2.75) is 43.7 Å². The van der Waals surface area contributed by atoms with E-state index in [1.165, 1.54) is 16.4 Å². The minimum atomic E-state index is -3.81. The Morgan fingerprint density at radius 2 is 2.10 bits per heavy atom. The summed E-state index contributed by atoms with van der Waals surface area (Å²) in [6.45, 7) is 2.29. The zero-order valence-electron chi connectivity index (χ0n) is 11.3. The van der Waals surface area contributed by atoms with Crippen LogP contribution < -0.4 is 5.73 Å². The fourth-order valence-electron chi connectivity index (χ4n) is 2.16. The van der Waals surface area contributed by atoms with Crippen molar-refractivity contribution in [2.24, 2.45) is 5.73 Å². The first-order chi connectivity index (χ1) is 9.41. The second-order valence-electron chi connectivity index (χ2n) is 4.93. The van der Waals surface area contributed by atoms with Crippen LogP contribution in [0.2, 0.25) is 0 Å². The van der Waals surface area contributed by atoms with Crippen LogP contribution in [-0.2, 0) is 16.6 Å². The summed E-state index contributed by atoms with van der Waals surface area (Å²) in [5.74, 6) is -0.738. The van der Waals surface area contributed by atoms with E-state index in [9.17, 15) is 12.8 Å². The van der Waals surface area contributed by atoms with Crippen molar-refractivity contribution in [3.63, 3.8) is 0 Å². The highest BCUT2D eigenvalue weighted by Crippen LogP contribution is 2.34. The molecular weight excluding hydrogens is 347 g/mol. The quantitative estimate of drug-likeness (QED) is 0.843. The second kappa shape index (κ2) is 6.09. The van der Waals surface area contributed by atoms with Gasteiger partial charge in [0, 0.05) is 29.2 Å². The van der Waals surface area contributed by atoms with E-state index in [-0.39, 0.29) is 23.0 Å². The molecule has 0 radical (unpaired) electrons. The van der Waals surface area contributed by atoms with Gasteiger partial charge in [-0.15, -0.1) is 0 Å². The molecule has 0 aliphatic heterocycles. The van der Waals surface area contributed by atoms with Gasteiger partial charge in [0.05, 0.1) is 0 Å². The van der Waals surface area contributed by atoms with Crippen LogP contribution in [0, 0.1) is 5.82 Å². The zero-order chi connectivity index (χ0) is 14.9. The molecule has 2 N–H and O–H groups in total. The van der Waals surface area contributed by atoms with E-state index in [4.69, 9.17) is 5.73 Å². The lowest BCUT2D eigenvalue weighted by Gasteiger charge is -2.22. The highest BCUT2D eigenvalue weighted by atomic mass is 79.9. The SMILES string of the molecule is CCCN(C1CC1)S(=O)(=O)c1cc(Br)cc(CN)c1F. The molecule has 0 amide bonds. The molecule has 7 heteroatoms. The fourth-order valence-corrected chi connectivity index (χ4v) is 4.73. The summed E-state index contributed by atoms with van der Waals surface area (Å²) in [4.78, 5) is -0.285. The molecule has 1 saturated carbocycles. The van der Waals surface area contributed by atoms with Crippen LogP contribution in [0.15, 0.2) is 21.5 Å². The highest BCUT2D eigenvalue weighted by molar-refractivity contribution is 9.10. The van der Waals surface area contributed by atoms with Gasteiger partial charge in [0.25, 0.3) is 0 Å². The Kier molecular flexibility index (Phi) is 4.84. The van der Waals surface area contributed by atoms with E-state index >= 15 is 0 Å². The Morgan fingerprint density at radius 3 is 2.60 bits per heavy atom. The molecule has 112 valence electrons. The van der Waals surface area contributed by atoms with Crippen molar-refractivity contribution in [1.82, 2.24) is 4.31 Å². The molecule has 1 fully saturated rings. The number of halogens is 2. The number of benzene rings is 1. The molecule has 0 spiro atoms. The molecule has 0 heterocycles. The van der Waals surface area contributed by atoms with E-state index in [0.717, 1.165) is 12.8 Å². The number of hydrogen-bond donors (Lipinski definition) is 1. The van der Waals surface area contributed by atoms with E-state index in [1.54, 1.807) is 0 Å². The molecule has 1 aliphatic carbocycles. The molecule has 2 rings (SSSR count). The lowest BCUT2D eigenvalue weighted by molar-refractivity contribution is 0.399. The van der Waals surface area contributed by atoms with Gasteiger partial charge in [-0.25, -0.2) is 12.8 Å². The Hall–Kier alpha value is -0.500. The number of nitrogens with zero attached hydrogens (tertiary/aromatic N) is 1. The third-order valence-corrected chi connectivity index (χ3v) is 5.69. The summed E-state index contributed by atoms with van der Waals surface area (Å²) in [6, 6.07) is 2.84. The van der Waals surface area contributed by atoms with Crippen molar-refractivity contribution in [1.29, 1.82) is 0 Å². The Bertz CT molecular complexity index is 603. The Labute approximate surface area is 127 Å². The summed E-state index contributed by atoms with van der Waals surface area (Å²) in [5, 5.41) is 0. The van der Waals surface area contributed by atoms with Crippen molar-refractivity contribution < 1.29 is 12.8 Å². The van der Waals surface area contributed by atoms with E-state index in [1.807, 2.05) is 6.92 Å². The smallest absolute Gasteiger partial charge is 0.246 e. The van der Waals surface area contributed by atoms with Crippen LogP contribution in [0.5, 0.6) is 0 Å². The first kappa shape index (κ1) is 15.9. The lowest BCUT2D eigenvalue weighted by atomic mass is 10.2. The molecular formula is C13H18BrFN2O2S. The zero-order valence-corrected chi connectivity index (χ0v) is 13.7. The molecule has 0 saturated heterocycles. The molecule has 0 aromatic heterocycles. The van der Waals surface area contributed by atoms with Gasteiger partial charge >= 0.3 is 0 Å². The first-order valence-corrected chi connectivity index (χ1v) is 8.85. The Morgan fingerprint density at radius 1 is 1.45 bits per heavy atom. The van der Waals surface area contributed by atoms with Gasteiger partial charge in [-0.1, -0.05) is 22.9 Å². The third kappa shape index (κ3) is 3.05. The predicted octanol–water partition coefficient (Wildman–Crippen LogP) is 2.61. The van der Waals surface area contributed by atoms with Gasteiger partial charge < -0.3 is 5.73 Å². The van der Waals surface area contributed by atoms with E-state index in [0.29, 0.717) is 17.4 Å². The average Bonchev–Trinajstić information content (AvgIpc) is 3.22. The van der Waals surface area contributed by atoms with Gasteiger partial charge in [0.2, 0.25) is 10.0 Å². The molecule has 4 nitrogen and oxygen atoms in total. The van der Waals surface area contributed by atoms with Gasteiger partial charge in [-0.3, -0.25) is 0 Å². The predicted molar refractivity (Wildman–Crippen MR) is 79.2 cm³/mol. The molecule has 1 aromatic carbocycles. The number of nitrogens with two attached hydrogens (primary N) is 1. The topological polar surface area (TPSA) is 63.4 Å². The highest BCUT2D eigenvalue weighted by Gasteiger charge is 2.39. The number of hydrogen-bond acceptors (Lipinski definition) is 3. The minimum Gasteiger partial charge on any atom is -0.326 e. The summed E-state index contributed by atoms with van der Waals surface area (Å²) in [5.41, 5.74) is 5.67. The molecule has 0 unspecified atom stereocenters. The molecule has 20 heavy (non-hydrogen) atoms. The van der Waals surface area contributed by atoms with Crippen LogP contribution in [0.4, 0.5) is 4.39 Å². The van der Waals surface area contributed by atoms with Gasteiger partial charge in [-0.05, 0) is 31.4 Å². The van der Waals surface area contributed by atoms with Crippen molar-refractivity contribution >= 4 is 26.0 Å². The van der Waals surface area contributed by atoms with Crippen LogP contribution in [0.25, 0.3) is 0 Å². The summed E-state index contributed by atoms with van der Waals surface area (Å²) >= 11 is 3.22. The van der Waals surface area contributed by atoms with E-state index < -0.39 is 15.8 Å². The summed E-state index contributed by atoms with van der Waals surface area (Å²) in [7, 11) is -3.81. The maximum Gasteiger partial charge on any atom is 0.246 e. The molecule has 1 aromatic rings. The number of rotatable bonds is 6. The first-order valence-electron chi connectivity index (χ1n) is 6.61. The van der Waals surface area contributed by atoms with Crippen molar-refractivity contribution in [2.75, 3.05) is 6.54 Å². The third-order valence-electron chi connectivity index (χ3n) is 3.28. The summed E-state index contributed by atoms with van der Waals surface area (Å²) < 4.78 is 41.6. The maximum atomic E-state index is 14.3. The van der Waals surface area contributed by atoms with Crippen LogP contribution in [0.3, 0.4) is 0 Å². The number of sulfonamides is 1. The van der Waals surface area contributed by atoms with Crippen molar-refractivity contribution in [3.8, 4) is 0 Å². The van der Waals surface area contributed by atoms with Crippen molar-refractivity contribution in [3.05, 3.63) is 28.0 Å². The van der Waals surface area contributed by atoms with Crippen LogP contribution in [-0.4, -0.2) is 25.3 Å². The van der Waals surface area contributed by atoms with Crippen LogP contribution in [0.1, 0.15) is 31.7 Å². The summed E-state index contributed by atoms with van der Waals surface area (Å²) in [6.07, 6.45) is 2.40. The minimum absolute atomic E-state index is 0.0136. The standard InChI is InChI=1S/C13H18BrFN2O2S/c1-2-5-17(11-3-4-11)20(18,19)12-7-10(14)6-9(8-16)13(12)15/h6-7,11H,2-5,8,16H2,1H3. The van der Waals surface area contributed by atoms with Gasteiger partial charge in [0.15, 0.2) is 0 Å². The van der Waals surface area contributed by atoms with Gasteiger partial charge in [-0.2, -0.15) is 4.31 Å². The van der Waals surface area contributed by atoms with Crippen LogP contribution >= 0.6 is 15.9 Å². The molecule has 0 bridgehead atoms. The van der Waals surface area contributed by atoms with E-state index in [2.05, 4.69) is 15.9 Å². The monoisotopic (exact) mass is 364 g/mol. The molecule has 1 aliphatic rings. The molecule has 0 atom stereocenters. The average molecular weight is 365 g/mol. The lowest BCUT2D eigenvalue weighted by Crippen LogP contribution is -2.34. The Balaban J connectivity index is 2.50. The van der Waals surface area contributed by atoms with Gasteiger partial charge in [0.1, 0.15) is 10.7 Å². The largest absolute Gasteiger partial charge is 0.326 e. The maximum absolute atomic E-state index is 14.3. The fraction of sp³-hybridized carbons (Fsp3) is 0.538.